The highest BCUT2D eigenvalue weighted by molar-refractivity contribution is 5.84. The zero-order chi connectivity index (χ0) is 9.68. The van der Waals surface area contributed by atoms with Crippen LogP contribution in [0.3, 0.4) is 0 Å². The van der Waals surface area contributed by atoms with E-state index in [0.29, 0.717) is 0 Å². The molecule has 1 rings (SSSR count). The third-order valence-electron chi connectivity index (χ3n) is 2.23. The highest BCUT2D eigenvalue weighted by Crippen LogP contribution is 2.10. The van der Waals surface area contributed by atoms with Crippen LogP contribution in [-0.2, 0) is 4.74 Å². The van der Waals surface area contributed by atoms with E-state index in [1.54, 1.807) is 0 Å². The topological polar surface area (TPSA) is 79.9 Å². The summed E-state index contributed by atoms with van der Waals surface area (Å²) in [5.74, 6) is 0.206. The van der Waals surface area contributed by atoms with Gasteiger partial charge in [-0.05, 0) is 19.8 Å². The number of oxime groups is 1. The van der Waals surface area contributed by atoms with E-state index >= 15 is 0 Å². The van der Waals surface area contributed by atoms with E-state index in [1.165, 1.54) is 0 Å². The maximum absolute atomic E-state index is 8.39. The van der Waals surface area contributed by atoms with Crippen molar-refractivity contribution in [1.82, 2.24) is 5.32 Å². The zero-order valence-electron chi connectivity index (χ0n) is 7.86. The third kappa shape index (κ3) is 3.20. The first-order valence-corrected chi connectivity index (χ1v) is 4.56. The minimum absolute atomic E-state index is 0.103. The second-order valence-electron chi connectivity index (χ2n) is 3.29. The molecule has 0 saturated carbocycles. The van der Waals surface area contributed by atoms with Crippen LogP contribution in [0.25, 0.3) is 0 Å². The van der Waals surface area contributed by atoms with Crippen LogP contribution in [0.5, 0.6) is 0 Å². The summed E-state index contributed by atoms with van der Waals surface area (Å²) in [6.45, 7) is 3.46. The van der Waals surface area contributed by atoms with Crippen molar-refractivity contribution in [2.45, 2.75) is 31.9 Å². The molecule has 0 aromatic heterocycles. The predicted molar refractivity (Wildman–Crippen MR) is 49.8 cm³/mol. The Morgan fingerprint density at radius 3 is 3.15 bits per heavy atom. The fourth-order valence-corrected chi connectivity index (χ4v) is 1.30. The average molecular weight is 187 g/mol. The van der Waals surface area contributed by atoms with Gasteiger partial charge in [-0.1, -0.05) is 5.16 Å². The predicted octanol–water partition coefficient (Wildman–Crippen LogP) is -0.110. The summed E-state index contributed by atoms with van der Waals surface area (Å²) in [7, 11) is 0. The van der Waals surface area contributed by atoms with Gasteiger partial charge in [0.05, 0.1) is 12.1 Å². The monoisotopic (exact) mass is 187 g/mol. The molecule has 1 aliphatic heterocycles. The Hall–Kier alpha value is -0.810. The Bertz CT molecular complexity index is 178. The van der Waals surface area contributed by atoms with Gasteiger partial charge in [-0.15, -0.1) is 0 Å². The molecule has 0 aromatic rings. The molecule has 0 aromatic carbocycles. The first-order valence-electron chi connectivity index (χ1n) is 4.56. The number of amidine groups is 1. The molecule has 76 valence electrons. The lowest BCUT2D eigenvalue weighted by Gasteiger charge is -2.15. The van der Waals surface area contributed by atoms with Crippen molar-refractivity contribution in [2.24, 2.45) is 10.9 Å². The smallest absolute Gasteiger partial charge is 0.156 e. The Kier molecular flexibility index (Phi) is 3.98. The van der Waals surface area contributed by atoms with E-state index in [1.807, 2.05) is 6.92 Å². The van der Waals surface area contributed by atoms with Gasteiger partial charge < -0.3 is 21.0 Å². The van der Waals surface area contributed by atoms with Gasteiger partial charge in [-0.25, -0.2) is 0 Å². The first kappa shape index (κ1) is 10.3. The first-order chi connectivity index (χ1) is 6.24. The lowest BCUT2D eigenvalue weighted by Crippen LogP contribution is -2.42. The SMILES string of the molecule is CC(NCC1CCCO1)C(N)=NO. The van der Waals surface area contributed by atoms with Crippen LogP contribution in [0.1, 0.15) is 19.8 Å². The van der Waals surface area contributed by atoms with Crippen molar-refractivity contribution in [1.29, 1.82) is 0 Å². The molecule has 1 aliphatic rings. The number of nitrogens with zero attached hydrogens (tertiary/aromatic N) is 1. The Balaban J connectivity index is 2.17. The van der Waals surface area contributed by atoms with Crippen LogP contribution in [0.15, 0.2) is 5.16 Å². The average Bonchev–Trinajstić information content (AvgIpc) is 2.65. The van der Waals surface area contributed by atoms with Gasteiger partial charge in [0.25, 0.3) is 0 Å². The molecule has 1 heterocycles. The van der Waals surface area contributed by atoms with Crippen LogP contribution < -0.4 is 11.1 Å². The molecule has 1 fully saturated rings. The lowest BCUT2D eigenvalue weighted by atomic mass is 10.2. The lowest BCUT2D eigenvalue weighted by molar-refractivity contribution is 0.109. The Morgan fingerprint density at radius 1 is 1.85 bits per heavy atom. The van der Waals surface area contributed by atoms with E-state index in [0.717, 1.165) is 26.0 Å². The largest absolute Gasteiger partial charge is 0.409 e. The van der Waals surface area contributed by atoms with Gasteiger partial charge >= 0.3 is 0 Å². The molecule has 13 heavy (non-hydrogen) atoms. The molecular formula is C8H17N3O2. The number of hydrogen-bond donors (Lipinski definition) is 3. The Morgan fingerprint density at radius 2 is 2.62 bits per heavy atom. The van der Waals surface area contributed by atoms with Gasteiger partial charge in [0.15, 0.2) is 5.84 Å². The van der Waals surface area contributed by atoms with Crippen LogP contribution >= 0.6 is 0 Å². The third-order valence-corrected chi connectivity index (χ3v) is 2.23. The van der Waals surface area contributed by atoms with Crippen LogP contribution in [0.4, 0.5) is 0 Å². The van der Waals surface area contributed by atoms with E-state index in [2.05, 4.69) is 10.5 Å². The number of rotatable bonds is 4. The molecule has 5 nitrogen and oxygen atoms in total. The van der Waals surface area contributed by atoms with Gasteiger partial charge in [0.2, 0.25) is 0 Å². The molecule has 5 heteroatoms. The fourth-order valence-electron chi connectivity index (χ4n) is 1.30. The number of nitrogens with one attached hydrogen (secondary N) is 1. The zero-order valence-corrected chi connectivity index (χ0v) is 7.86. The number of nitrogens with two attached hydrogens (primary N) is 1. The van der Waals surface area contributed by atoms with Crippen molar-refractivity contribution < 1.29 is 9.94 Å². The number of hydrogen-bond acceptors (Lipinski definition) is 4. The molecule has 0 bridgehead atoms. The van der Waals surface area contributed by atoms with Crippen LogP contribution in [-0.4, -0.2) is 36.3 Å². The van der Waals surface area contributed by atoms with E-state index in [9.17, 15) is 0 Å². The van der Waals surface area contributed by atoms with Gasteiger partial charge in [0, 0.05) is 13.2 Å². The molecule has 2 atom stereocenters. The van der Waals surface area contributed by atoms with Crippen molar-refractivity contribution in [3.63, 3.8) is 0 Å². The van der Waals surface area contributed by atoms with Crippen molar-refractivity contribution >= 4 is 5.84 Å². The Labute approximate surface area is 77.9 Å². The molecule has 1 saturated heterocycles. The summed E-state index contributed by atoms with van der Waals surface area (Å²) in [6, 6.07) is -0.103. The number of ether oxygens (including phenoxy) is 1. The molecule has 2 unspecified atom stereocenters. The van der Waals surface area contributed by atoms with Crippen LogP contribution in [0, 0.1) is 0 Å². The molecule has 0 spiro atoms. The maximum atomic E-state index is 8.39. The summed E-state index contributed by atoms with van der Waals surface area (Å²) in [4.78, 5) is 0. The molecule has 0 radical (unpaired) electrons. The second-order valence-corrected chi connectivity index (χ2v) is 3.29. The normalized spacial score (nSPS) is 26.2. The van der Waals surface area contributed by atoms with E-state index in [4.69, 9.17) is 15.7 Å². The minimum atomic E-state index is -0.103. The second kappa shape index (κ2) is 5.04. The quantitative estimate of drug-likeness (QED) is 0.248. The van der Waals surface area contributed by atoms with Crippen molar-refractivity contribution in [2.75, 3.05) is 13.2 Å². The van der Waals surface area contributed by atoms with Crippen molar-refractivity contribution in [3.05, 3.63) is 0 Å². The summed E-state index contributed by atoms with van der Waals surface area (Å²) < 4.78 is 5.41. The van der Waals surface area contributed by atoms with Gasteiger partial charge in [0.1, 0.15) is 0 Å². The fraction of sp³-hybridized carbons (Fsp3) is 0.875. The highest BCUT2D eigenvalue weighted by Gasteiger charge is 2.16. The standard InChI is InChI=1S/C8H17N3O2/c1-6(8(9)11-12)10-5-7-3-2-4-13-7/h6-7,10,12H,2-5H2,1H3,(H2,9,11). The summed E-state index contributed by atoms with van der Waals surface area (Å²) >= 11 is 0. The van der Waals surface area contributed by atoms with Gasteiger partial charge in [-0.3, -0.25) is 0 Å². The van der Waals surface area contributed by atoms with Gasteiger partial charge in [-0.2, -0.15) is 0 Å². The molecule has 4 N–H and O–H groups in total. The van der Waals surface area contributed by atoms with E-state index < -0.39 is 0 Å². The maximum Gasteiger partial charge on any atom is 0.156 e. The van der Waals surface area contributed by atoms with Crippen LogP contribution in [0.2, 0.25) is 0 Å². The minimum Gasteiger partial charge on any atom is -0.409 e. The molecule has 0 amide bonds. The summed E-state index contributed by atoms with van der Waals surface area (Å²) in [5.41, 5.74) is 5.40. The molecular weight excluding hydrogens is 170 g/mol. The summed E-state index contributed by atoms with van der Waals surface area (Å²) in [6.07, 6.45) is 2.51. The summed E-state index contributed by atoms with van der Waals surface area (Å²) in [5, 5.41) is 14.4. The van der Waals surface area contributed by atoms with Crippen molar-refractivity contribution in [3.8, 4) is 0 Å². The molecule has 0 aliphatic carbocycles. The van der Waals surface area contributed by atoms with E-state index in [-0.39, 0.29) is 18.0 Å². The highest BCUT2D eigenvalue weighted by atomic mass is 16.5.